The molecule has 41 heavy (non-hydrogen) atoms. The fourth-order valence-electron chi connectivity index (χ4n) is 3.96. The number of benzene rings is 3. The first-order valence-corrected chi connectivity index (χ1v) is 14.0. The van der Waals surface area contributed by atoms with Crippen LogP contribution in [0.4, 0.5) is 4.79 Å². The average molecular weight is 618 g/mol. The van der Waals surface area contributed by atoms with E-state index in [1.807, 2.05) is 13.8 Å². The number of halogens is 3. The number of barbiturate groups is 1. The lowest BCUT2D eigenvalue weighted by atomic mass is 10.1. The van der Waals surface area contributed by atoms with E-state index in [4.69, 9.17) is 49.0 Å². The van der Waals surface area contributed by atoms with Gasteiger partial charge in [-0.1, -0.05) is 59.9 Å². The largest absolute Gasteiger partial charge is 0.490 e. The molecular formula is C30H27Cl3N2O6. The lowest BCUT2D eigenvalue weighted by Gasteiger charge is -2.26. The van der Waals surface area contributed by atoms with Crippen LogP contribution in [-0.2, 0) is 22.7 Å². The van der Waals surface area contributed by atoms with Crippen LogP contribution in [0, 0.1) is 0 Å². The zero-order valence-corrected chi connectivity index (χ0v) is 24.6. The minimum atomic E-state index is -0.816. The number of amides is 4. The maximum atomic E-state index is 13.3. The van der Waals surface area contributed by atoms with Crippen molar-refractivity contribution < 1.29 is 28.6 Å². The molecule has 0 radical (unpaired) electrons. The van der Waals surface area contributed by atoms with Crippen molar-refractivity contribution in [1.29, 1.82) is 0 Å². The summed E-state index contributed by atoms with van der Waals surface area (Å²) in [5.41, 5.74) is 1.61. The van der Waals surface area contributed by atoms with Crippen LogP contribution >= 0.6 is 34.8 Å². The van der Waals surface area contributed by atoms with Gasteiger partial charge in [-0.15, -0.1) is 0 Å². The summed E-state index contributed by atoms with van der Waals surface area (Å²) in [6.45, 7) is 4.86. The zero-order valence-electron chi connectivity index (χ0n) is 22.3. The summed E-state index contributed by atoms with van der Waals surface area (Å²) in [4.78, 5) is 39.4. The molecule has 11 heteroatoms. The highest BCUT2D eigenvalue weighted by molar-refractivity contribution is 6.35. The number of hydrogen-bond donors (Lipinski definition) is 1. The Labute approximate surface area is 252 Å². The minimum absolute atomic E-state index is 0.0792. The molecule has 1 aliphatic rings. The molecule has 1 saturated heterocycles. The standard InChI is InChI=1S/C30H27Cl3N2O6/c1-3-11-40-26-10-6-19(14-27(26)39-4-2)16-35-29(37)22(28(36)34-30(35)38)12-18-5-9-25(24(33)13-18)41-17-20-7-8-21(31)15-23(20)32/h5-10,12-15H,3-4,11,16-17H2,1-2H3,(H,34,36,38)/b22-12+. The van der Waals surface area contributed by atoms with Gasteiger partial charge in [-0.05, 0) is 66.9 Å². The Morgan fingerprint density at radius 2 is 1.61 bits per heavy atom. The summed E-state index contributed by atoms with van der Waals surface area (Å²) >= 11 is 18.6. The van der Waals surface area contributed by atoms with E-state index in [-0.39, 0.29) is 23.7 Å². The maximum absolute atomic E-state index is 13.3. The van der Waals surface area contributed by atoms with Gasteiger partial charge in [0.1, 0.15) is 17.9 Å². The van der Waals surface area contributed by atoms with Crippen LogP contribution in [0.25, 0.3) is 6.08 Å². The number of imide groups is 2. The fraction of sp³-hybridized carbons (Fsp3) is 0.233. The number of nitrogens with zero attached hydrogens (tertiary/aromatic N) is 1. The van der Waals surface area contributed by atoms with Crippen LogP contribution in [0.2, 0.25) is 15.1 Å². The highest BCUT2D eigenvalue weighted by Crippen LogP contribution is 2.31. The van der Waals surface area contributed by atoms with Gasteiger partial charge in [0.05, 0.1) is 24.8 Å². The van der Waals surface area contributed by atoms with Crippen LogP contribution in [0.1, 0.15) is 37.0 Å². The predicted molar refractivity (Wildman–Crippen MR) is 158 cm³/mol. The van der Waals surface area contributed by atoms with Gasteiger partial charge < -0.3 is 14.2 Å². The van der Waals surface area contributed by atoms with E-state index in [2.05, 4.69) is 5.32 Å². The van der Waals surface area contributed by atoms with E-state index in [0.717, 1.165) is 16.9 Å². The molecule has 214 valence electrons. The fourth-order valence-corrected chi connectivity index (χ4v) is 4.66. The number of nitrogens with one attached hydrogen (secondary N) is 1. The number of rotatable bonds is 11. The van der Waals surface area contributed by atoms with E-state index >= 15 is 0 Å². The molecule has 0 unspecified atom stereocenters. The summed E-state index contributed by atoms with van der Waals surface area (Å²) in [7, 11) is 0. The van der Waals surface area contributed by atoms with Crippen LogP contribution < -0.4 is 19.5 Å². The van der Waals surface area contributed by atoms with Crippen LogP contribution in [0.5, 0.6) is 17.2 Å². The summed E-state index contributed by atoms with van der Waals surface area (Å²) in [5, 5.41) is 3.46. The lowest BCUT2D eigenvalue weighted by molar-refractivity contribution is -0.130. The van der Waals surface area contributed by atoms with E-state index in [1.54, 1.807) is 54.6 Å². The van der Waals surface area contributed by atoms with E-state index < -0.39 is 17.8 Å². The van der Waals surface area contributed by atoms with Crippen molar-refractivity contribution in [3.8, 4) is 17.2 Å². The highest BCUT2D eigenvalue weighted by Gasteiger charge is 2.35. The molecule has 0 saturated carbocycles. The quantitative estimate of drug-likeness (QED) is 0.183. The summed E-state index contributed by atoms with van der Waals surface area (Å²) in [6.07, 6.45) is 2.20. The smallest absolute Gasteiger partial charge is 0.331 e. The van der Waals surface area contributed by atoms with Crippen molar-refractivity contribution >= 4 is 58.7 Å². The molecule has 1 fully saturated rings. The molecular weight excluding hydrogens is 591 g/mol. The van der Waals surface area contributed by atoms with Crippen molar-refractivity contribution in [2.45, 2.75) is 33.4 Å². The molecule has 0 aliphatic carbocycles. The summed E-state index contributed by atoms with van der Waals surface area (Å²) < 4.78 is 17.2. The van der Waals surface area contributed by atoms with Crippen molar-refractivity contribution in [2.75, 3.05) is 13.2 Å². The molecule has 1 heterocycles. The van der Waals surface area contributed by atoms with Crippen molar-refractivity contribution in [2.24, 2.45) is 0 Å². The van der Waals surface area contributed by atoms with Crippen LogP contribution in [0.3, 0.4) is 0 Å². The van der Waals surface area contributed by atoms with Crippen molar-refractivity contribution in [3.63, 3.8) is 0 Å². The zero-order chi connectivity index (χ0) is 29.5. The normalized spacial score (nSPS) is 14.3. The van der Waals surface area contributed by atoms with Gasteiger partial charge in [0.2, 0.25) is 0 Å². The predicted octanol–water partition coefficient (Wildman–Crippen LogP) is 7.08. The lowest BCUT2D eigenvalue weighted by Crippen LogP contribution is -2.53. The minimum Gasteiger partial charge on any atom is -0.490 e. The molecule has 0 atom stereocenters. The third-order valence-corrected chi connectivity index (χ3v) is 6.84. The van der Waals surface area contributed by atoms with Crippen molar-refractivity contribution in [3.05, 3.63) is 91.9 Å². The molecule has 0 aromatic heterocycles. The topological polar surface area (TPSA) is 94.2 Å². The van der Waals surface area contributed by atoms with Gasteiger partial charge in [0, 0.05) is 15.6 Å². The molecule has 1 aliphatic heterocycles. The Kier molecular flexibility index (Phi) is 10.2. The third-order valence-electron chi connectivity index (χ3n) is 5.96. The Hall–Kier alpha value is -3.72. The number of carbonyl (C=O) groups is 3. The number of ether oxygens (including phenoxy) is 3. The molecule has 0 spiro atoms. The average Bonchev–Trinajstić information content (AvgIpc) is 2.93. The van der Waals surface area contributed by atoms with E-state index in [9.17, 15) is 14.4 Å². The first-order chi connectivity index (χ1) is 19.7. The second kappa shape index (κ2) is 13.8. The van der Waals surface area contributed by atoms with Gasteiger partial charge in [0.15, 0.2) is 11.5 Å². The van der Waals surface area contributed by atoms with Gasteiger partial charge in [-0.3, -0.25) is 19.8 Å². The molecule has 3 aromatic rings. The molecule has 8 nitrogen and oxygen atoms in total. The first-order valence-electron chi connectivity index (χ1n) is 12.8. The maximum Gasteiger partial charge on any atom is 0.331 e. The van der Waals surface area contributed by atoms with Crippen LogP contribution in [0.15, 0.2) is 60.2 Å². The van der Waals surface area contributed by atoms with Crippen molar-refractivity contribution in [1.82, 2.24) is 10.2 Å². The van der Waals surface area contributed by atoms with Gasteiger partial charge in [-0.2, -0.15) is 0 Å². The summed E-state index contributed by atoms with van der Waals surface area (Å²) in [6, 6.07) is 14.3. The highest BCUT2D eigenvalue weighted by atomic mass is 35.5. The second-order valence-corrected chi connectivity index (χ2v) is 10.2. The number of carbonyl (C=O) groups excluding carboxylic acids is 3. The molecule has 1 N–H and O–H groups in total. The van der Waals surface area contributed by atoms with E-state index in [1.165, 1.54) is 6.08 Å². The SMILES string of the molecule is CCCOc1ccc(CN2C(=O)NC(=O)/C(=C\c3ccc(OCc4ccc(Cl)cc4Cl)c(Cl)c3)C2=O)cc1OCC. The Morgan fingerprint density at radius 3 is 2.32 bits per heavy atom. The van der Waals surface area contributed by atoms with Gasteiger partial charge in [-0.25, -0.2) is 4.79 Å². The third kappa shape index (κ3) is 7.52. The Bertz CT molecular complexity index is 1510. The summed E-state index contributed by atoms with van der Waals surface area (Å²) in [5.74, 6) is -0.0820. The number of hydrogen-bond acceptors (Lipinski definition) is 6. The van der Waals surface area contributed by atoms with Gasteiger partial charge >= 0.3 is 6.03 Å². The second-order valence-electron chi connectivity index (χ2n) is 8.99. The molecule has 4 amide bonds. The van der Waals surface area contributed by atoms with E-state index in [0.29, 0.717) is 51.6 Å². The van der Waals surface area contributed by atoms with Crippen LogP contribution in [-0.4, -0.2) is 36.0 Å². The monoisotopic (exact) mass is 616 g/mol. The molecule has 0 bridgehead atoms. The number of urea groups is 1. The molecule has 4 rings (SSSR count). The van der Waals surface area contributed by atoms with Gasteiger partial charge in [0.25, 0.3) is 11.8 Å². The molecule has 3 aromatic carbocycles. The Morgan fingerprint density at radius 1 is 0.829 bits per heavy atom. The first kappa shape index (κ1) is 30.2. The Balaban J connectivity index is 1.51.